The fraction of sp³-hybridized carbons (Fsp3) is 0.111. The smallest absolute Gasteiger partial charge is 0.0570 e. The molecule has 0 fully saturated rings. The Morgan fingerprint density at radius 1 is 1.27 bits per heavy atom. The van der Waals surface area contributed by atoms with E-state index in [1.165, 1.54) is 0 Å². The zero-order chi connectivity index (χ0) is 8.69. The molecule has 58 valence electrons. The number of rotatable bonds is 4. The maximum absolute atomic E-state index is 3.62. The van der Waals surface area contributed by atoms with Crippen LogP contribution in [0.25, 0.3) is 0 Å². The zero-order valence-corrected chi connectivity index (χ0v) is 6.75. The summed E-state index contributed by atoms with van der Waals surface area (Å²) in [5.74, 6) is 0. The van der Waals surface area contributed by atoms with Crippen LogP contribution in [-0.2, 0) is 0 Å². The molecule has 0 amide bonds. The van der Waals surface area contributed by atoms with Crippen LogP contribution in [0.5, 0.6) is 0 Å². The first-order valence-electron chi connectivity index (χ1n) is 3.21. The molecule has 0 aromatic carbocycles. The quantitative estimate of drug-likeness (QED) is 0.332. The highest BCUT2D eigenvalue weighted by Gasteiger charge is 1.88. The Hall–Kier alpha value is -1.44. The maximum atomic E-state index is 3.62. The summed E-state index contributed by atoms with van der Waals surface area (Å²) < 4.78 is 0. The summed E-state index contributed by atoms with van der Waals surface area (Å²) in [5, 5.41) is 6.97. The number of allylic oxidation sites excluding steroid dienone is 4. The third-order valence-corrected chi connectivity index (χ3v) is 1.26. The van der Waals surface area contributed by atoms with Gasteiger partial charge in [0.1, 0.15) is 0 Å². The van der Waals surface area contributed by atoms with Crippen LogP contribution in [0.3, 0.4) is 0 Å². The van der Waals surface area contributed by atoms with Crippen molar-refractivity contribution >= 4 is 12.9 Å². The molecule has 0 aliphatic rings. The Bertz CT molecular complexity index is 222. The van der Waals surface area contributed by atoms with Crippen LogP contribution in [0.1, 0.15) is 6.92 Å². The summed E-state index contributed by atoms with van der Waals surface area (Å²) in [7, 11) is 0. The van der Waals surface area contributed by atoms with Gasteiger partial charge >= 0.3 is 0 Å². The SMILES string of the molecule is C=C/C(C)=C(C=C)/C=N\N=C. The van der Waals surface area contributed by atoms with Crippen molar-refractivity contribution in [1.29, 1.82) is 0 Å². The Labute approximate surface area is 67.4 Å². The fourth-order valence-electron chi connectivity index (χ4n) is 0.536. The molecule has 0 radical (unpaired) electrons. The van der Waals surface area contributed by atoms with Crippen LogP contribution < -0.4 is 0 Å². The summed E-state index contributed by atoms with van der Waals surface area (Å²) in [6, 6.07) is 0. The maximum Gasteiger partial charge on any atom is 0.0570 e. The topological polar surface area (TPSA) is 24.7 Å². The molecule has 0 spiro atoms. The lowest BCUT2D eigenvalue weighted by atomic mass is 10.1. The largest absolute Gasteiger partial charge is 0.167 e. The van der Waals surface area contributed by atoms with E-state index < -0.39 is 0 Å². The highest BCUT2D eigenvalue weighted by molar-refractivity contribution is 5.83. The first-order valence-corrected chi connectivity index (χ1v) is 3.21. The minimum atomic E-state index is 0.910. The summed E-state index contributed by atoms with van der Waals surface area (Å²) in [6.07, 6.45) is 5.04. The van der Waals surface area contributed by atoms with Gasteiger partial charge in [0.2, 0.25) is 0 Å². The molecule has 2 nitrogen and oxygen atoms in total. The second kappa shape index (κ2) is 5.35. The minimum Gasteiger partial charge on any atom is -0.167 e. The van der Waals surface area contributed by atoms with Crippen LogP contribution in [0.4, 0.5) is 0 Å². The molecule has 0 heterocycles. The molecule has 0 N–H and O–H groups in total. The van der Waals surface area contributed by atoms with Gasteiger partial charge in [0.25, 0.3) is 0 Å². The predicted molar refractivity (Wildman–Crippen MR) is 51.1 cm³/mol. The molecule has 0 aromatic rings. The predicted octanol–water partition coefficient (Wildman–Crippen LogP) is 2.36. The van der Waals surface area contributed by atoms with E-state index in [9.17, 15) is 0 Å². The standard InChI is InChI=1S/C9H12N2/c1-5-8(3)9(6-2)7-11-10-4/h5-7H,1-2,4H2,3H3/b9-8+,11-7-. The molecule has 0 unspecified atom stereocenters. The Morgan fingerprint density at radius 2 is 1.91 bits per heavy atom. The molecule has 0 saturated carbocycles. The fourth-order valence-corrected chi connectivity index (χ4v) is 0.536. The van der Waals surface area contributed by atoms with Crippen molar-refractivity contribution in [2.45, 2.75) is 6.92 Å². The molecule has 0 aliphatic carbocycles. The van der Waals surface area contributed by atoms with Gasteiger partial charge in [-0.15, -0.1) is 0 Å². The van der Waals surface area contributed by atoms with Crippen molar-refractivity contribution in [2.24, 2.45) is 10.2 Å². The van der Waals surface area contributed by atoms with Gasteiger partial charge in [-0.1, -0.05) is 25.3 Å². The average molecular weight is 148 g/mol. The zero-order valence-electron chi connectivity index (χ0n) is 6.75. The molecule has 0 rings (SSSR count). The second-order valence-electron chi connectivity index (χ2n) is 1.93. The third kappa shape index (κ3) is 3.30. The van der Waals surface area contributed by atoms with E-state index in [1.54, 1.807) is 18.4 Å². The van der Waals surface area contributed by atoms with E-state index in [4.69, 9.17) is 0 Å². The lowest BCUT2D eigenvalue weighted by Gasteiger charge is -1.94. The van der Waals surface area contributed by atoms with E-state index in [0.29, 0.717) is 0 Å². The monoisotopic (exact) mass is 148 g/mol. The Morgan fingerprint density at radius 3 is 2.27 bits per heavy atom. The number of hydrogen-bond donors (Lipinski definition) is 0. The van der Waals surface area contributed by atoms with Gasteiger partial charge in [-0.2, -0.15) is 10.2 Å². The molecule has 11 heavy (non-hydrogen) atoms. The molecule has 0 atom stereocenters. The van der Waals surface area contributed by atoms with Crippen LogP contribution in [0, 0.1) is 0 Å². The highest BCUT2D eigenvalue weighted by Crippen LogP contribution is 2.02. The van der Waals surface area contributed by atoms with E-state index >= 15 is 0 Å². The molecular formula is C9H12N2. The van der Waals surface area contributed by atoms with Gasteiger partial charge in [0.05, 0.1) is 6.21 Å². The average Bonchev–Trinajstić information content (AvgIpc) is 2.05. The van der Waals surface area contributed by atoms with Crippen LogP contribution in [0.2, 0.25) is 0 Å². The summed E-state index contributed by atoms with van der Waals surface area (Å²) >= 11 is 0. The summed E-state index contributed by atoms with van der Waals surface area (Å²) in [4.78, 5) is 0. The van der Waals surface area contributed by atoms with Gasteiger partial charge in [-0.3, -0.25) is 0 Å². The van der Waals surface area contributed by atoms with Crippen molar-refractivity contribution in [1.82, 2.24) is 0 Å². The van der Waals surface area contributed by atoms with Crippen molar-refractivity contribution in [3.05, 3.63) is 36.5 Å². The van der Waals surface area contributed by atoms with Gasteiger partial charge in [-0.25, -0.2) is 0 Å². The van der Waals surface area contributed by atoms with Crippen molar-refractivity contribution in [2.75, 3.05) is 0 Å². The number of hydrogen-bond acceptors (Lipinski definition) is 2. The van der Waals surface area contributed by atoms with E-state index in [-0.39, 0.29) is 0 Å². The first kappa shape index (κ1) is 9.56. The second-order valence-corrected chi connectivity index (χ2v) is 1.93. The molecule has 2 heteroatoms. The number of nitrogens with zero attached hydrogens (tertiary/aromatic N) is 2. The Kier molecular flexibility index (Phi) is 4.65. The minimum absolute atomic E-state index is 0.910. The molecule has 0 bridgehead atoms. The van der Waals surface area contributed by atoms with Crippen molar-refractivity contribution in [3.8, 4) is 0 Å². The Balaban J connectivity index is 4.64. The lowest BCUT2D eigenvalue weighted by molar-refractivity contribution is 1.28. The van der Waals surface area contributed by atoms with Crippen LogP contribution >= 0.6 is 0 Å². The molecular weight excluding hydrogens is 136 g/mol. The van der Waals surface area contributed by atoms with Gasteiger partial charge in [0.15, 0.2) is 0 Å². The van der Waals surface area contributed by atoms with Gasteiger partial charge < -0.3 is 0 Å². The van der Waals surface area contributed by atoms with Crippen molar-refractivity contribution < 1.29 is 0 Å². The third-order valence-electron chi connectivity index (χ3n) is 1.26. The van der Waals surface area contributed by atoms with Gasteiger partial charge in [-0.05, 0) is 18.1 Å². The molecule has 0 aromatic heterocycles. The lowest BCUT2D eigenvalue weighted by Crippen LogP contribution is -1.82. The van der Waals surface area contributed by atoms with Gasteiger partial charge in [0, 0.05) is 6.72 Å². The highest BCUT2D eigenvalue weighted by atomic mass is 15.2. The van der Waals surface area contributed by atoms with E-state index in [2.05, 4.69) is 30.1 Å². The summed E-state index contributed by atoms with van der Waals surface area (Å²) in [6.45, 7) is 12.4. The van der Waals surface area contributed by atoms with Crippen LogP contribution in [0.15, 0.2) is 46.7 Å². The molecule has 0 saturated heterocycles. The van der Waals surface area contributed by atoms with Crippen molar-refractivity contribution in [3.63, 3.8) is 0 Å². The summed E-state index contributed by atoms with van der Waals surface area (Å²) in [5.41, 5.74) is 1.93. The van der Waals surface area contributed by atoms with Crippen LogP contribution in [-0.4, -0.2) is 12.9 Å². The normalized spacial score (nSPS) is 12.5. The first-order chi connectivity index (χ1) is 5.26. The molecule has 0 aliphatic heterocycles. The van der Waals surface area contributed by atoms with E-state index in [0.717, 1.165) is 11.1 Å². The van der Waals surface area contributed by atoms with E-state index in [1.807, 2.05) is 6.92 Å².